The third-order valence-electron chi connectivity index (χ3n) is 2.01. The van der Waals surface area contributed by atoms with E-state index in [1.54, 1.807) is 18.0 Å². The lowest BCUT2D eigenvalue weighted by molar-refractivity contribution is 0.171. The van der Waals surface area contributed by atoms with E-state index < -0.39 is 0 Å². The van der Waals surface area contributed by atoms with Gasteiger partial charge in [-0.05, 0) is 6.92 Å². The Labute approximate surface area is 95.0 Å². The normalized spacial score (nSPS) is 12.2. The van der Waals surface area contributed by atoms with Crippen LogP contribution in [0.5, 0.6) is 0 Å². The number of hydrogen-bond donors (Lipinski definition) is 2. The fraction of sp³-hybridized carbons (Fsp3) is 0.600. The Kier molecular flexibility index (Phi) is 4.78. The van der Waals surface area contributed by atoms with Crippen molar-refractivity contribution in [3.05, 3.63) is 18.0 Å². The molecular formula is C10H18N4O2. The zero-order chi connectivity index (χ0) is 12.0. The van der Waals surface area contributed by atoms with E-state index in [1.165, 1.54) is 0 Å². The van der Waals surface area contributed by atoms with Gasteiger partial charge in [0.15, 0.2) is 0 Å². The topological polar surface area (TPSA) is 68.2 Å². The Morgan fingerprint density at radius 3 is 3.00 bits per heavy atom. The number of carbonyl (C=O) groups excluding carboxylic acids is 1. The van der Waals surface area contributed by atoms with Crippen molar-refractivity contribution in [3.63, 3.8) is 0 Å². The molecule has 0 saturated carbocycles. The van der Waals surface area contributed by atoms with Gasteiger partial charge >= 0.3 is 6.03 Å². The number of ether oxygens (including phenoxy) is 1. The summed E-state index contributed by atoms with van der Waals surface area (Å²) in [6.45, 7) is 2.85. The van der Waals surface area contributed by atoms with Gasteiger partial charge in [0, 0.05) is 32.5 Å². The van der Waals surface area contributed by atoms with Crippen molar-refractivity contribution < 1.29 is 9.53 Å². The van der Waals surface area contributed by atoms with Crippen molar-refractivity contribution in [2.24, 2.45) is 7.05 Å². The molecule has 6 nitrogen and oxygen atoms in total. The van der Waals surface area contributed by atoms with E-state index in [2.05, 4.69) is 15.7 Å². The molecule has 1 rings (SSSR count). The number of nitrogens with one attached hydrogen (secondary N) is 2. The highest BCUT2D eigenvalue weighted by molar-refractivity contribution is 5.74. The summed E-state index contributed by atoms with van der Waals surface area (Å²) in [4.78, 5) is 11.4. The predicted molar refractivity (Wildman–Crippen MR) is 59.9 cm³/mol. The number of aromatic nitrogens is 2. The van der Waals surface area contributed by atoms with Gasteiger partial charge in [0.05, 0.1) is 18.8 Å². The standard InChI is InChI=1S/C10H18N4O2/c1-8(7-16-3)13-10(15)11-4-9-5-12-14(2)6-9/h5-6,8H,4,7H2,1-3H3,(H2,11,13,15). The summed E-state index contributed by atoms with van der Waals surface area (Å²) in [7, 11) is 3.44. The first kappa shape index (κ1) is 12.5. The zero-order valence-electron chi connectivity index (χ0n) is 9.86. The monoisotopic (exact) mass is 226 g/mol. The van der Waals surface area contributed by atoms with Crippen LogP contribution in [0.4, 0.5) is 4.79 Å². The molecule has 0 aliphatic carbocycles. The van der Waals surface area contributed by atoms with Crippen LogP contribution in [-0.2, 0) is 18.3 Å². The van der Waals surface area contributed by atoms with Crippen molar-refractivity contribution in [1.82, 2.24) is 20.4 Å². The number of carbonyl (C=O) groups is 1. The Morgan fingerprint density at radius 2 is 2.44 bits per heavy atom. The maximum atomic E-state index is 11.4. The van der Waals surface area contributed by atoms with Crippen LogP contribution >= 0.6 is 0 Å². The SMILES string of the molecule is COCC(C)NC(=O)NCc1cnn(C)c1. The molecule has 0 saturated heterocycles. The molecule has 2 amide bonds. The van der Waals surface area contributed by atoms with Gasteiger partial charge in [-0.2, -0.15) is 5.10 Å². The maximum absolute atomic E-state index is 11.4. The van der Waals surface area contributed by atoms with Crippen LogP contribution in [-0.4, -0.2) is 35.6 Å². The molecule has 0 aliphatic heterocycles. The molecule has 16 heavy (non-hydrogen) atoms. The second-order valence-electron chi connectivity index (χ2n) is 3.71. The van der Waals surface area contributed by atoms with Crippen molar-refractivity contribution in [3.8, 4) is 0 Å². The van der Waals surface area contributed by atoms with Crippen molar-refractivity contribution in [2.45, 2.75) is 19.5 Å². The Hall–Kier alpha value is -1.56. The number of rotatable bonds is 5. The molecular weight excluding hydrogens is 208 g/mol. The largest absolute Gasteiger partial charge is 0.383 e. The number of aryl methyl sites for hydroxylation is 1. The van der Waals surface area contributed by atoms with Crippen LogP contribution in [0.25, 0.3) is 0 Å². The van der Waals surface area contributed by atoms with E-state index in [0.29, 0.717) is 13.2 Å². The number of methoxy groups -OCH3 is 1. The Bertz CT molecular complexity index is 337. The quantitative estimate of drug-likeness (QED) is 0.756. The van der Waals surface area contributed by atoms with Crippen molar-refractivity contribution >= 4 is 6.03 Å². The zero-order valence-corrected chi connectivity index (χ0v) is 9.86. The minimum atomic E-state index is -0.201. The highest BCUT2D eigenvalue weighted by Crippen LogP contribution is 1.94. The summed E-state index contributed by atoms with van der Waals surface area (Å²) in [6, 6.07) is -0.202. The van der Waals surface area contributed by atoms with E-state index in [0.717, 1.165) is 5.56 Å². The van der Waals surface area contributed by atoms with Gasteiger partial charge in [-0.3, -0.25) is 4.68 Å². The minimum Gasteiger partial charge on any atom is -0.383 e. The van der Waals surface area contributed by atoms with E-state index in [4.69, 9.17) is 4.74 Å². The first-order valence-corrected chi connectivity index (χ1v) is 5.12. The first-order valence-electron chi connectivity index (χ1n) is 5.12. The lowest BCUT2D eigenvalue weighted by Gasteiger charge is -2.13. The second-order valence-corrected chi connectivity index (χ2v) is 3.71. The predicted octanol–water partition coefficient (Wildman–Crippen LogP) is 0.254. The molecule has 0 aromatic carbocycles. The molecule has 90 valence electrons. The van der Waals surface area contributed by atoms with Crippen LogP contribution in [0, 0.1) is 0 Å². The minimum absolute atomic E-state index is 0.00102. The second kappa shape index (κ2) is 6.12. The maximum Gasteiger partial charge on any atom is 0.315 e. The van der Waals surface area contributed by atoms with Gasteiger partial charge in [0.2, 0.25) is 0 Å². The van der Waals surface area contributed by atoms with E-state index in [-0.39, 0.29) is 12.1 Å². The lowest BCUT2D eigenvalue weighted by atomic mass is 10.3. The number of amides is 2. The van der Waals surface area contributed by atoms with Crippen LogP contribution in [0.2, 0.25) is 0 Å². The van der Waals surface area contributed by atoms with Crippen LogP contribution in [0.15, 0.2) is 12.4 Å². The van der Waals surface area contributed by atoms with Crippen LogP contribution in [0.3, 0.4) is 0 Å². The molecule has 1 heterocycles. The molecule has 6 heteroatoms. The summed E-state index contributed by atoms with van der Waals surface area (Å²) in [5.41, 5.74) is 0.969. The smallest absolute Gasteiger partial charge is 0.315 e. The third kappa shape index (κ3) is 4.31. The molecule has 0 aliphatic rings. The van der Waals surface area contributed by atoms with E-state index >= 15 is 0 Å². The van der Waals surface area contributed by atoms with Gasteiger partial charge < -0.3 is 15.4 Å². The molecule has 0 radical (unpaired) electrons. The van der Waals surface area contributed by atoms with Crippen LogP contribution in [0.1, 0.15) is 12.5 Å². The number of urea groups is 1. The first-order chi connectivity index (χ1) is 7.61. The average molecular weight is 226 g/mol. The molecule has 1 aromatic heterocycles. The van der Waals surface area contributed by atoms with Gasteiger partial charge in [-0.15, -0.1) is 0 Å². The van der Waals surface area contributed by atoms with Gasteiger partial charge in [-0.25, -0.2) is 4.79 Å². The molecule has 1 unspecified atom stereocenters. The fourth-order valence-electron chi connectivity index (χ4n) is 1.31. The summed E-state index contributed by atoms with van der Waals surface area (Å²) in [6.07, 6.45) is 3.58. The van der Waals surface area contributed by atoms with Gasteiger partial charge in [0.25, 0.3) is 0 Å². The third-order valence-corrected chi connectivity index (χ3v) is 2.01. The molecule has 2 N–H and O–H groups in total. The summed E-state index contributed by atoms with van der Waals surface area (Å²) in [5, 5.41) is 9.51. The summed E-state index contributed by atoms with van der Waals surface area (Å²) >= 11 is 0. The number of nitrogens with zero attached hydrogens (tertiary/aromatic N) is 2. The van der Waals surface area contributed by atoms with Gasteiger partial charge in [-0.1, -0.05) is 0 Å². The van der Waals surface area contributed by atoms with E-state index in [9.17, 15) is 4.79 Å². The van der Waals surface area contributed by atoms with Crippen molar-refractivity contribution in [1.29, 1.82) is 0 Å². The van der Waals surface area contributed by atoms with Gasteiger partial charge in [0.1, 0.15) is 0 Å². The lowest BCUT2D eigenvalue weighted by Crippen LogP contribution is -2.42. The average Bonchev–Trinajstić information content (AvgIpc) is 2.61. The van der Waals surface area contributed by atoms with Crippen molar-refractivity contribution in [2.75, 3.05) is 13.7 Å². The van der Waals surface area contributed by atoms with Crippen LogP contribution < -0.4 is 10.6 Å². The Balaban J connectivity index is 2.25. The summed E-state index contributed by atoms with van der Waals surface area (Å²) < 4.78 is 6.61. The fourth-order valence-corrected chi connectivity index (χ4v) is 1.31. The summed E-state index contributed by atoms with van der Waals surface area (Å²) in [5.74, 6) is 0. The molecule has 0 fully saturated rings. The molecule has 1 atom stereocenters. The van der Waals surface area contributed by atoms with E-state index in [1.807, 2.05) is 20.2 Å². The highest BCUT2D eigenvalue weighted by Gasteiger charge is 2.06. The molecule has 1 aromatic rings. The highest BCUT2D eigenvalue weighted by atomic mass is 16.5. The Morgan fingerprint density at radius 1 is 1.69 bits per heavy atom. The molecule has 0 spiro atoms. The molecule has 0 bridgehead atoms. The number of hydrogen-bond acceptors (Lipinski definition) is 3.